The van der Waals surface area contributed by atoms with Gasteiger partial charge in [0.25, 0.3) is 5.91 Å². The summed E-state index contributed by atoms with van der Waals surface area (Å²) in [5, 5.41) is 48.3. The molecular weight excluding hydrogens is 1160 g/mol. The first-order valence-corrected chi connectivity index (χ1v) is 29.8. The number of β-amino-alcohol motifs (C(OH)–C–C–N with tert-alkyl or cyclic N) is 1. The highest BCUT2D eigenvalue weighted by Crippen LogP contribution is 2.25. The number of hydrogen-bond acceptors (Lipinski definition) is 16. The molecule has 16 N–H and O–H groups in total. The number of likely N-dealkylation sites (tertiary alicyclic amines) is 1. The highest BCUT2D eigenvalue weighted by molar-refractivity contribution is 6.36. The van der Waals surface area contributed by atoms with Crippen molar-refractivity contribution in [2.45, 2.75) is 153 Å². The summed E-state index contributed by atoms with van der Waals surface area (Å²) in [4.78, 5) is 171. The van der Waals surface area contributed by atoms with E-state index >= 15 is 0 Å². The average molecular weight is 1250 g/mol. The van der Waals surface area contributed by atoms with E-state index in [-0.39, 0.29) is 75.7 Å². The Morgan fingerprint density at radius 2 is 1.32 bits per heavy atom. The summed E-state index contributed by atoms with van der Waals surface area (Å²) in [6.07, 6.45) is -4.33. The number of ketones is 4. The smallest absolute Gasteiger partial charge is 0.284 e. The molecule has 4 aromatic rings. The number of aliphatic hydroxyl groups excluding tert-OH is 2. The Hall–Kier alpha value is -9.37. The molecule has 0 aliphatic carbocycles. The number of carbonyl (C=O) groups excluding carboxylic acids is 12. The molecule has 1 fully saturated rings. The van der Waals surface area contributed by atoms with E-state index < -0.39 is 156 Å². The van der Waals surface area contributed by atoms with Crippen LogP contribution < -0.4 is 49.1 Å². The molecule has 2 heterocycles. The van der Waals surface area contributed by atoms with Crippen LogP contribution in [-0.2, 0) is 76.8 Å². The van der Waals surface area contributed by atoms with E-state index in [0.717, 1.165) is 21.4 Å². The summed E-state index contributed by atoms with van der Waals surface area (Å²) in [5.41, 5.74) is 19.5. The molecule has 0 unspecified atom stereocenters. The van der Waals surface area contributed by atoms with Crippen LogP contribution in [0.15, 0.2) is 90.1 Å². The lowest BCUT2D eigenvalue weighted by Gasteiger charge is -2.30. The van der Waals surface area contributed by atoms with Crippen molar-refractivity contribution in [1.29, 1.82) is 0 Å². The molecule has 1 aliphatic rings. The summed E-state index contributed by atoms with van der Waals surface area (Å²) in [7, 11) is 1.49. The number of aromatic amines is 1. The number of carbonyl (C=O) groups is 12. The normalized spacial score (nSPS) is 16.7. The number of guanidine groups is 1. The number of nitrogens with zero attached hydrogens (tertiary/aromatic N) is 2. The lowest BCUT2D eigenvalue weighted by molar-refractivity contribution is -0.143. The maximum absolute atomic E-state index is 14.3. The highest BCUT2D eigenvalue weighted by Gasteiger charge is 2.43. The molecule has 90 heavy (non-hydrogen) atoms. The number of aromatic hydroxyl groups is 1. The van der Waals surface area contributed by atoms with Gasteiger partial charge in [0.2, 0.25) is 47.1 Å². The van der Waals surface area contributed by atoms with Crippen LogP contribution in [-0.4, -0.2) is 170 Å². The van der Waals surface area contributed by atoms with E-state index in [1.165, 1.54) is 45.2 Å². The molecule has 0 bridgehead atoms. The number of nitrogens with one attached hydrogen (secondary N) is 7. The number of H-pyrrole nitrogens is 1. The maximum atomic E-state index is 14.3. The van der Waals surface area contributed by atoms with Gasteiger partial charge in [-0.05, 0) is 73.4 Å². The molecule has 486 valence electrons. The minimum absolute atomic E-state index is 0.0548. The first-order valence-electron chi connectivity index (χ1n) is 29.8. The third-order valence-electron chi connectivity index (χ3n) is 15.5. The van der Waals surface area contributed by atoms with Crippen molar-refractivity contribution in [3.8, 4) is 5.75 Å². The summed E-state index contributed by atoms with van der Waals surface area (Å²) in [6, 6.07) is 13.3. The van der Waals surface area contributed by atoms with Gasteiger partial charge in [-0.2, -0.15) is 0 Å². The number of fused-ring (bicyclic) bond motifs is 1. The van der Waals surface area contributed by atoms with Gasteiger partial charge >= 0.3 is 0 Å². The number of aromatic nitrogens is 1. The fraction of sp³-hybridized carbons (Fsp3) is 0.476. The molecule has 8 amide bonds. The molecule has 27 nitrogen and oxygen atoms in total. The number of phenolic OH excluding ortho intramolecular Hbond substituents is 1. The molecule has 27 heteroatoms. The second-order valence-electron chi connectivity index (χ2n) is 23.1. The Bertz CT molecular complexity index is 3240. The van der Waals surface area contributed by atoms with Crippen molar-refractivity contribution < 1.29 is 72.9 Å². The molecule has 5 rings (SSSR count). The zero-order valence-electron chi connectivity index (χ0n) is 51.2. The van der Waals surface area contributed by atoms with Crippen molar-refractivity contribution in [2.24, 2.45) is 39.9 Å². The number of phenols is 1. The predicted octanol–water partition coefficient (Wildman–Crippen LogP) is -0.522. The van der Waals surface area contributed by atoms with Crippen LogP contribution >= 0.6 is 0 Å². The van der Waals surface area contributed by atoms with Gasteiger partial charge in [-0.1, -0.05) is 74.5 Å². The lowest BCUT2D eigenvalue weighted by atomic mass is 9.89. The third kappa shape index (κ3) is 22.0. The van der Waals surface area contributed by atoms with Gasteiger partial charge in [0, 0.05) is 101 Å². The van der Waals surface area contributed by atoms with Crippen molar-refractivity contribution in [3.63, 3.8) is 0 Å². The van der Waals surface area contributed by atoms with Gasteiger partial charge < -0.3 is 74.3 Å². The van der Waals surface area contributed by atoms with Gasteiger partial charge in [-0.3, -0.25) is 62.5 Å². The second kappa shape index (κ2) is 34.4. The van der Waals surface area contributed by atoms with Crippen LogP contribution in [0.1, 0.15) is 102 Å². The van der Waals surface area contributed by atoms with E-state index in [1.807, 2.05) is 38.1 Å². The SMILES string of the molecule is CN=C(N)NCCC[C@H](CC(=O)[C@H](CC(C)C)NC(=O)CCC(=O)[C@H](Cc1ccccc1)NC(=O)[C@@H](CC(=O)[C@H](CC(=O)C(N)=O)NC(=O)[C@@H]1C[C@@H](O)CN1C(=O)[C@@H](Cc1ccc(O)cc1)NC(C)=O)[C@@H](C)O)C(=O)N[C@@H](Cc1c[nH]c2ccccc12)C(N)=O. The number of hydrogen-bond donors (Lipinski definition) is 13. The Morgan fingerprint density at radius 1 is 0.689 bits per heavy atom. The number of benzene rings is 3. The van der Waals surface area contributed by atoms with E-state index in [4.69, 9.17) is 17.2 Å². The van der Waals surface area contributed by atoms with Crippen molar-refractivity contribution in [3.05, 3.63) is 102 Å². The number of aliphatic hydroxyl groups is 2. The Balaban J connectivity index is 1.30. The van der Waals surface area contributed by atoms with Gasteiger partial charge in [-0.15, -0.1) is 0 Å². The number of Topliss-reactive ketones (excluding diaryl/α,β-unsaturated/α-hetero) is 4. The zero-order chi connectivity index (χ0) is 66.4. The first kappa shape index (κ1) is 71.4. The number of primary amides is 2. The van der Waals surface area contributed by atoms with Crippen LogP contribution in [0.5, 0.6) is 5.75 Å². The monoisotopic (exact) mass is 1250 g/mol. The van der Waals surface area contributed by atoms with Gasteiger partial charge in [0.05, 0.1) is 36.3 Å². The van der Waals surface area contributed by atoms with E-state index in [9.17, 15) is 72.9 Å². The molecule has 3 aromatic carbocycles. The Kier molecular flexibility index (Phi) is 27.3. The first-order chi connectivity index (χ1) is 42.6. The molecule has 0 saturated carbocycles. The average Bonchev–Trinajstić information content (AvgIpc) is 1.89. The summed E-state index contributed by atoms with van der Waals surface area (Å²) < 4.78 is 0. The molecular formula is C63H84N12O15. The fourth-order valence-corrected chi connectivity index (χ4v) is 10.6. The van der Waals surface area contributed by atoms with Gasteiger partial charge in [0.1, 0.15) is 23.9 Å². The van der Waals surface area contributed by atoms with Crippen molar-refractivity contribution >= 4 is 87.3 Å². The Labute approximate surface area is 520 Å². The molecule has 1 aliphatic heterocycles. The van der Waals surface area contributed by atoms with Crippen LogP contribution in [0.2, 0.25) is 0 Å². The summed E-state index contributed by atoms with van der Waals surface area (Å²) in [5.74, 6) is -13.4. The number of nitrogens with two attached hydrogens (primary N) is 3. The van der Waals surface area contributed by atoms with Crippen molar-refractivity contribution in [1.82, 2.24) is 41.8 Å². The standard InChI is InChI=1S/C63H84N12O15/c1-34(2)24-46(53(81)28-39(14-11-23-68-63(66)67-5)59(87)74-49(57(64)85)27-40-32-69-45-16-10-9-15-43(40)45)71-56(84)22-21-52(80)47(25-37-12-7-6-8-13-37)72-60(88)44(35(3)76)30-54(82)48(31-55(83)58(65)86)73-61(89)51-29-42(79)33-75(51)62(90)50(70-36(4)77)26-38-17-19-41(78)20-18-38/h6-10,12-13,15-20,32,34-35,39,42,44,46-51,69,76,78-79H,11,14,21-31,33H2,1-5H3,(H2,64,85)(H2,65,86)(H,70,77)(H,71,84)(H,72,88)(H,73,89)(H,74,87)(H3,66,67,68)/t35-,39-,42-,44+,46+,47+,48+,49+,50-,51+/m1/s1. The van der Waals surface area contributed by atoms with E-state index in [0.29, 0.717) is 17.5 Å². The maximum Gasteiger partial charge on any atom is 0.284 e. The number of rotatable bonds is 36. The minimum atomic E-state index is -1.89. The van der Waals surface area contributed by atoms with Crippen LogP contribution in [0.3, 0.4) is 0 Å². The molecule has 1 saturated heterocycles. The number of aliphatic imine (C=N–C) groups is 1. The summed E-state index contributed by atoms with van der Waals surface area (Å²) in [6.45, 7) is 5.89. The van der Waals surface area contributed by atoms with E-state index in [1.54, 1.807) is 36.5 Å². The largest absolute Gasteiger partial charge is 0.508 e. The lowest BCUT2D eigenvalue weighted by Crippen LogP contribution is -2.56. The predicted molar refractivity (Wildman–Crippen MR) is 330 cm³/mol. The molecule has 0 radical (unpaired) electrons. The van der Waals surface area contributed by atoms with Gasteiger partial charge in [0.15, 0.2) is 23.3 Å². The minimum Gasteiger partial charge on any atom is -0.508 e. The van der Waals surface area contributed by atoms with Crippen LogP contribution in [0.25, 0.3) is 10.9 Å². The van der Waals surface area contributed by atoms with Crippen LogP contribution in [0.4, 0.5) is 0 Å². The highest BCUT2D eigenvalue weighted by atomic mass is 16.3. The second-order valence-corrected chi connectivity index (χ2v) is 23.1. The Morgan fingerprint density at radius 3 is 1.96 bits per heavy atom. The number of para-hydroxylation sites is 1. The molecule has 1 aromatic heterocycles. The zero-order valence-corrected chi connectivity index (χ0v) is 51.2. The molecule has 10 atom stereocenters. The van der Waals surface area contributed by atoms with Crippen LogP contribution in [0, 0.1) is 17.8 Å². The van der Waals surface area contributed by atoms with Gasteiger partial charge in [-0.25, -0.2) is 0 Å². The van der Waals surface area contributed by atoms with Crippen molar-refractivity contribution in [2.75, 3.05) is 20.1 Å². The third-order valence-corrected chi connectivity index (χ3v) is 15.5. The molecule has 0 spiro atoms. The quantitative estimate of drug-likeness (QED) is 0.0118. The summed E-state index contributed by atoms with van der Waals surface area (Å²) >= 11 is 0. The number of amides is 8. The fourth-order valence-electron chi connectivity index (χ4n) is 10.6. The topological polar surface area (TPSA) is 447 Å². The van der Waals surface area contributed by atoms with E-state index in [2.05, 4.69) is 41.9 Å².